The van der Waals surface area contributed by atoms with Crippen LogP contribution in [0.3, 0.4) is 0 Å². The van der Waals surface area contributed by atoms with Gasteiger partial charge < -0.3 is 19.3 Å². The van der Waals surface area contributed by atoms with Crippen LogP contribution in [0.25, 0.3) is 0 Å². The maximum atomic E-state index is 12.7. The average molecular weight is 361 g/mol. The Hall–Kier alpha value is -0.650. The van der Waals surface area contributed by atoms with Gasteiger partial charge in [-0.2, -0.15) is 0 Å². The van der Waals surface area contributed by atoms with Gasteiger partial charge in [0, 0.05) is 0 Å². The van der Waals surface area contributed by atoms with Crippen molar-refractivity contribution in [2.45, 2.75) is 105 Å². The van der Waals surface area contributed by atoms with Crippen LogP contribution < -0.4 is 0 Å². The Morgan fingerprint density at radius 3 is 2.04 bits per heavy atom. The van der Waals surface area contributed by atoms with Crippen molar-refractivity contribution in [2.24, 2.45) is 5.41 Å². The molecule has 3 atom stereocenters. The van der Waals surface area contributed by atoms with Crippen LogP contribution in [-0.4, -0.2) is 47.7 Å². The minimum absolute atomic E-state index is 0.0948. The van der Waals surface area contributed by atoms with E-state index in [0.717, 1.165) is 0 Å². The maximum Gasteiger partial charge on any atom is 0.314 e. The number of esters is 1. The second-order valence-corrected chi connectivity index (χ2v) is 8.24. The van der Waals surface area contributed by atoms with Crippen molar-refractivity contribution in [3.63, 3.8) is 0 Å². The fourth-order valence-electron chi connectivity index (χ4n) is 2.53. The van der Waals surface area contributed by atoms with Crippen LogP contribution in [0, 0.1) is 5.41 Å². The Bertz CT molecular complexity index is 403. The molecule has 0 amide bonds. The quantitative estimate of drug-likeness (QED) is 0.531. The van der Waals surface area contributed by atoms with E-state index in [4.69, 9.17) is 14.2 Å². The van der Waals surface area contributed by atoms with Crippen LogP contribution in [0.1, 0.15) is 81.6 Å². The molecule has 25 heavy (non-hydrogen) atoms. The van der Waals surface area contributed by atoms with E-state index < -0.39 is 16.6 Å². The molecule has 0 saturated heterocycles. The van der Waals surface area contributed by atoms with Gasteiger partial charge in [-0.25, -0.2) is 0 Å². The van der Waals surface area contributed by atoms with Crippen molar-refractivity contribution in [1.29, 1.82) is 0 Å². The molecule has 0 aliphatic carbocycles. The van der Waals surface area contributed by atoms with Crippen molar-refractivity contribution in [1.82, 2.24) is 0 Å². The zero-order valence-electron chi connectivity index (χ0n) is 17.8. The van der Waals surface area contributed by atoms with E-state index in [1.807, 2.05) is 55.4 Å². The van der Waals surface area contributed by atoms with E-state index >= 15 is 0 Å². The van der Waals surface area contributed by atoms with Gasteiger partial charge in [-0.05, 0) is 67.7 Å². The standard InChI is InChI=1S/C20H40O5/c1-10-19(8,22)12-13-24-18(6,7)20(9,11-2)17(21)23-14-16(5)25-15(3)4/h15-16,22H,10-14H2,1-9H3. The summed E-state index contributed by atoms with van der Waals surface area (Å²) in [6, 6.07) is 0. The average Bonchev–Trinajstić information content (AvgIpc) is 2.50. The Morgan fingerprint density at radius 1 is 1.04 bits per heavy atom. The van der Waals surface area contributed by atoms with E-state index in [-0.39, 0.29) is 24.8 Å². The lowest BCUT2D eigenvalue weighted by Crippen LogP contribution is -2.50. The lowest BCUT2D eigenvalue weighted by Gasteiger charge is -2.42. The Kier molecular flexibility index (Phi) is 9.63. The highest BCUT2D eigenvalue weighted by atomic mass is 16.6. The summed E-state index contributed by atoms with van der Waals surface area (Å²) in [6.45, 7) is 17.8. The largest absolute Gasteiger partial charge is 0.462 e. The topological polar surface area (TPSA) is 65.0 Å². The zero-order valence-corrected chi connectivity index (χ0v) is 17.8. The normalized spacial score (nSPS) is 18.5. The van der Waals surface area contributed by atoms with E-state index in [2.05, 4.69) is 0 Å². The first-order chi connectivity index (χ1) is 11.3. The predicted molar refractivity (Wildman–Crippen MR) is 101 cm³/mol. The Labute approximate surface area is 154 Å². The highest BCUT2D eigenvalue weighted by Gasteiger charge is 2.48. The van der Waals surface area contributed by atoms with E-state index in [9.17, 15) is 9.90 Å². The van der Waals surface area contributed by atoms with Crippen molar-refractivity contribution < 1.29 is 24.1 Å². The summed E-state index contributed by atoms with van der Waals surface area (Å²) >= 11 is 0. The molecule has 0 saturated carbocycles. The number of ether oxygens (including phenoxy) is 3. The molecule has 150 valence electrons. The van der Waals surface area contributed by atoms with Crippen LogP contribution in [0.15, 0.2) is 0 Å². The summed E-state index contributed by atoms with van der Waals surface area (Å²) in [5, 5.41) is 10.1. The van der Waals surface area contributed by atoms with Gasteiger partial charge in [-0.1, -0.05) is 13.8 Å². The fraction of sp³-hybridized carbons (Fsp3) is 0.950. The molecule has 3 unspecified atom stereocenters. The van der Waals surface area contributed by atoms with Crippen LogP contribution in [0.4, 0.5) is 0 Å². The van der Waals surface area contributed by atoms with E-state index in [0.29, 0.717) is 25.9 Å². The summed E-state index contributed by atoms with van der Waals surface area (Å²) < 4.78 is 17.2. The van der Waals surface area contributed by atoms with Gasteiger partial charge in [-0.15, -0.1) is 0 Å². The number of hydrogen-bond acceptors (Lipinski definition) is 5. The first kappa shape index (κ1) is 24.4. The molecular weight excluding hydrogens is 320 g/mol. The van der Waals surface area contributed by atoms with Crippen molar-refractivity contribution in [3.8, 4) is 0 Å². The first-order valence-electron chi connectivity index (χ1n) is 9.50. The third kappa shape index (κ3) is 7.63. The van der Waals surface area contributed by atoms with Crippen LogP contribution >= 0.6 is 0 Å². The Morgan fingerprint density at radius 2 is 1.60 bits per heavy atom. The Balaban J connectivity index is 4.82. The summed E-state index contributed by atoms with van der Waals surface area (Å²) in [7, 11) is 0. The molecule has 0 spiro atoms. The van der Waals surface area contributed by atoms with Gasteiger partial charge in [-0.3, -0.25) is 4.79 Å². The monoisotopic (exact) mass is 360 g/mol. The summed E-state index contributed by atoms with van der Waals surface area (Å²) in [5.41, 5.74) is -2.23. The van der Waals surface area contributed by atoms with Crippen molar-refractivity contribution in [2.75, 3.05) is 13.2 Å². The predicted octanol–water partition coefficient (Wildman–Crippen LogP) is 4.11. The molecule has 5 nitrogen and oxygen atoms in total. The first-order valence-corrected chi connectivity index (χ1v) is 9.50. The van der Waals surface area contributed by atoms with Gasteiger partial charge in [0.25, 0.3) is 0 Å². The highest BCUT2D eigenvalue weighted by Crippen LogP contribution is 2.39. The van der Waals surface area contributed by atoms with Gasteiger partial charge in [0.05, 0.1) is 35.4 Å². The lowest BCUT2D eigenvalue weighted by atomic mass is 9.73. The third-order valence-electron chi connectivity index (χ3n) is 5.31. The molecule has 1 N–H and O–H groups in total. The molecule has 0 aliphatic rings. The van der Waals surface area contributed by atoms with Gasteiger partial charge >= 0.3 is 5.97 Å². The second kappa shape index (κ2) is 9.89. The summed E-state index contributed by atoms with van der Waals surface area (Å²) in [4.78, 5) is 12.7. The second-order valence-electron chi connectivity index (χ2n) is 8.24. The van der Waals surface area contributed by atoms with Gasteiger partial charge in [0.2, 0.25) is 0 Å². The number of hydrogen-bond donors (Lipinski definition) is 1. The highest BCUT2D eigenvalue weighted by molar-refractivity contribution is 5.77. The molecule has 0 aromatic carbocycles. The molecule has 0 rings (SSSR count). The minimum Gasteiger partial charge on any atom is -0.462 e. The molecule has 0 aliphatic heterocycles. The molecule has 0 heterocycles. The minimum atomic E-state index is -0.775. The third-order valence-corrected chi connectivity index (χ3v) is 5.31. The SMILES string of the molecule is CCC(C)(O)CCOC(C)(C)C(C)(CC)C(=O)OCC(C)OC(C)C. The summed E-state index contributed by atoms with van der Waals surface area (Å²) in [5.74, 6) is -0.276. The molecule has 0 fully saturated rings. The maximum absolute atomic E-state index is 12.7. The molecule has 0 aromatic rings. The molecule has 5 heteroatoms. The van der Waals surface area contributed by atoms with Gasteiger partial charge in [0.1, 0.15) is 6.61 Å². The molecule has 0 radical (unpaired) electrons. The molecular formula is C20H40O5. The van der Waals surface area contributed by atoms with E-state index in [1.165, 1.54) is 0 Å². The van der Waals surface area contributed by atoms with Crippen molar-refractivity contribution >= 4 is 5.97 Å². The smallest absolute Gasteiger partial charge is 0.314 e. The van der Waals surface area contributed by atoms with Crippen LogP contribution in [-0.2, 0) is 19.0 Å². The van der Waals surface area contributed by atoms with E-state index in [1.54, 1.807) is 6.92 Å². The number of aliphatic hydroxyl groups is 1. The number of rotatable bonds is 12. The van der Waals surface area contributed by atoms with Crippen molar-refractivity contribution in [3.05, 3.63) is 0 Å². The molecule has 0 bridgehead atoms. The number of carbonyl (C=O) groups is 1. The van der Waals surface area contributed by atoms with Crippen LogP contribution in [0.2, 0.25) is 0 Å². The zero-order chi connectivity index (χ0) is 19.9. The lowest BCUT2D eigenvalue weighted by molar-refractivity contribution is -0.183. The van der Waals surface area contributed by atoms with Gasteiger partial charge in [0.15, 0.2) is 0 Å². The summed E-state index contributed by atoms with van der Waals surface area (Å²) in [6.07, 6.45) is 1.74. The number of carbonyl (C=O) groups excluding carboxylic acids is 1. The fourth-order valence-corrected chi connectivity index (χ4v) is 2.53. The van der Waals surface area contributed by atoms with Crippen LogP contribution in [0.5, 0.6) is 0 Å². The molecule has 0 aromatic heterocycles.